The lowest BCUT2D eigenvalue weighted by Crippen LogP contribution is -2.23. The second kappa shape index (κ2) is 6.58. The molecule has 0 radical (unpaired) electrons. The maximum Gasteiger partial charge on any atom is 0.252 e. The summed E-state index contributed by atoms with van der Waals surface area (Å²) in [6.45, 7) is 0.416. The van der Waals surface area contributed by atoms with Crippen LogP contribution in [0.5, 0.6) is 0 Å². The minimum atomic E-state index is -0.124. The number of aromatic nitrogens is 1. The Balaban J connectivity index is 1.71. The molecule has 1 N–H and O–H groups in total. The van der Waals surface area contributed by atoms with Crippen LogP contribution in [0.1, 0.15) is 15.9 Å². The number of nitrogens with zero attached hydrogens (tertiary/aromatic N) is 1. The number of nitrogens with one attached hydrogen (secondary N) is 1. The zero-order chi connectivity index (χ0) is 15.4. The van der Waals surface area contributed by atoms with Crippen LogP contribution in [0.2, 0.25) is 0 Å². The van der Waals surface area contributed by atoms with Crippen LogP contribution in [0.15, 0.2) is 70.2 Å². The Hall–Kier alpha value is -2.40. The molecule has 3 rings (SSSR count). The third kappa shape index (κ3) is 3.26. The molecule has 0 saturated heterocycles. The van der Waals surface area contributed by atoms with Crippen LogP contribution in [0.4, 0.5) is 0 Å². The molecule has 2 heterocycles. The predicted octanol–water partition coefficient (Wildman–Crippen LogP) is 4.03. The third-order valence-electron chi connectivity index (χ3n) is 3.22. The van der Waals surface area contributed by atoms with Crippen molar-refractivity contribution in [2.24, 2.45) is 0 Å². The van der Waals surface area contributed by atoms with E-state index < -0.39 is 0 Å². The van der Waals surface area contributed by atoms with Gasteiger partial charge in [0, 0.05) is 34.5 Å². The summed E-state index contributed by atoms with van der Waals surface area (Å²) in [6.07, 6.45) is 6.80. The van der Waals surface area contributed by atoms with Gasteiger partial charge in [-0.05, 0) is 45.8 Å². The lowest BCUT2D eigenvalue weighted by atomic mass is 10.1. The molecule has 0 fully saturated rings. The molecule has 0 spiro atoms. The Morgan fingerprint density at radius 1 is 1.18 bits per heavy atom. The zero-order valence-electron chi connectivity index (χ0n) is 11.6. The average Bonchev–Trinajstić information content (AvgIpc) is 3.08. The number of furan rings is 1. The van der Waals surface area contributed by atoms with E-state index in [2.05, 4.69) is 26.2 Å². The van der Waals surface area contributed by atoms with Gasteiger partial charge in [0.2, 0.25) is 0 Å². The van der Waals surface area contributed by atoms with Crippen LogP contribution < -0.4 is 5.32 Å². The van der Waals surface area contributed by atoms with E-state index in [-0.39, 0.29) is 5.91 Å². The first-order chi connectivity index (χ1) is 10.7. The number of carbonyl (C=O) groups excluding carboxylic acids is 1. The molecule has 0 aliphatic carbocycles. The van der Waals surface area contributed by atoms with Crippen molar-refractivity contribution in [1.29, 1.82) is 0 Å². The molecule has 1 aromatic carbocycles. The highest BCUT2D eigenvalue weighted by molar-refractivity contribution is 9.10. The summed E-state index contributed by atoms with van der Waals surface area (Å²) < 4.78 is 5.85. The fourth-order valence-electron chi connectivity index (χ4n) is 2.09. The standard InChI is InChI=1S/C17H13BrN2O2/c18-16-4-2-1-3-15(16)17(21)20-9-12-7-14(10-19-8-12)13-5-6-22-11-13/h1-8,10-11H,9H2,(H,20,21). The van der Waals surface area contributed by atoms with Gasteiger partial charge in [-0.15, -0.1) is 0 Å². The topological polar surface area (TPSA) is 55.1 Å². The van der Waals surface area contributed by atoms with Crippen molar-refractivity contribution in [3.63, 3.8) is 0 Å². The van der Waals surface area contributed by atoms with Crippen molar-refractivity contribution >= 4 is 21.8 Å². The highest BCUT2D eigenvalue weighted by atomic mass is 79.9. The van der Waals surface area contributed by atoms with Crippen molar-refractivity contribution < 1.29 is 9.21 Å². The zero-order valence-corrected chi connectivity index (χ0v) is 13.2. The molecule has 0 unspecified atom stereocenters. The fourth-order valence-corrected chi connectivity index (χ4v) is 2.56. The number of pyridine rings is 1. The van der Waals surface area contributed by atoms with Gasteiger partial charge in [-0.25, -0.2) is 0 Å². The van der Waals surface area contributed by atoms with Crippen LogP contribution in [-0.2, 0) is 6.54 Å². The van der Waals surface area contributed by atoms with E-state index >= 15 is 0 Å². The monoisotopic (exact) mass is 356 g/mol. The number of carbonyl (C=O) groups is 1. The van der Waals surface area contributed by atoms with Crippen LogP contribution in [0, 0.1) is 0 Å². The number of hydrogen-bond acceptors (Lipinski definition) is 3. The molecule has 5 heteroatoms. The fraction of sp³-hybridized carbons (Fsp3) is 0.0588. The van der Waals surface area contributed by atoms with Gasteiger partial charge in [-0.2, -0.15) is 0 Å². The van der Waals surface area contributed by atoms with E-state index in [1.165, 1.54) is 0 Å². The Labute approximate surface area is 136 Å². The number of halogens is 1. The van der Waals surface area contributed by atoms with Gasteiger partial charge in [-0.1, -0.05) is 12.1 Å². The van der Waals surface area contributed by atoms with E-state index in [9.17, 15) is 4.79 Å². The number of rotatable bonds is 4. The number of hydrogen-bond donors (Lipinski definition) is 1. The second-order valence-corrected chi connectivity index (χ2v) is 5.61. The van der Waals surface area contributed by atoms with Gasteiger partial charge < -0.3 is 9.73 Å². The van der Waals surface area contributed by atoms with E-state index in [0.29, 0.717) is 12.1 Å². The van der Waals surface area contributed by atoms with Crippen LogP contribution >= 0.6 is 15.9 Å². The van der Waals surface area contributed by atoms with Gasteiger partial charge in [0.05, 0.1) is 18.1 Å². The number of amides is 1. The van der Waals surface area contributed by atoms with E-state index in [4.69, 9.17) is 4.42 Å². The summed E-state index contributed by atoms with van der Waals surface area (Å²) >= 11 is 3.38. The smallest absolute Gasteiger partial charge is 0.252 e. The SMILES string of the molecule is O=C(NCc1cncc(-c2ccoc2)c1)c1ccccc1Br. The maximum atomic E-state index is 12.2. The van der Waals surface area contributed by atoms with Gasteiger partial charge in [-0.3, -0.25) is 9.78 Å². The van der Waals surface area contributed by atoms with Crippen LogP contribution in [0.25, 0.3) is 11.1 Å². The molecule has 0 atom stereocenters. The summed E-state index contributed by atoms with van der Waals surface area (Å²) in [7, 11) is 0. The van der Waals surface area contributed by atoms with Crippen molar-refractivity contribution in [2.45, 2.75) is 6.54 Å². The second-order valence-electron chi connectivity index (χ2n) is 4.76. The molecule has 4 nitrogen and oxygen atoms in total. The molecule has 0 aliphatic heterocycles. The molecule has 0 bridgehead atoms. The predicted molar refractivity (Wildman–Crippen MR) is 87.3 cm³/mol. The van der Waals surface area contributed by atoms with Gasteiger partial charge in [0.1, 0.15) is 0 Å². The van der Waals surface area contributed by atoms with Crippen LogP contribution in [-0.4, -0.2) is 10.9 Å². The summed E-state index contributed by atoms with van der Waals surface area (Å²) in [5.41, 5.74) is 3.47. The van der Waals surface area contributed by atoms with Gasteiger partial charge >= 0.3 is 0 Å². The Morgan fingerprint density at radius 2 is 2.05 bits per heavy atom. The van der Waals surface area contributed by atoms with E-state index in [1.54, 1.807) is 31.0 Å². The minimum absolute atomic E-state index is 0.124. The van der Waals surface area contributed by atoms with Gasteiger partial charge in [0.25, 0.3) is 5.91 Å². The molecule has 22 heavy (non-hydrogen) atoms. The quantitative estimate of drug-likeness (QED) is 0.767. The molecule has 2 aromatic heterocycles. The van der Waals surface area contributed by atoms with Crippen molar-refractivity contribution in [2.75, 3.05) is 0 Å². The van der Waals surface area contributed by atoms with Crippen molar-refractivity contribution in [1.82, 2.24) is 10.3 Å². The first kappa shape index (κ1) is 14.5. The average molecular weight is 357 g/mol. The first-order valence-corrected chi connectivity index (χ1v) is 7.52. The first-order valence-electron chi connectivity index (χ1n) is 6.73. The molecular weight excluding hydrogens is 344 g/mol. The molecule has 1 amide bonds. The number of benzene rings is 1. The van der Waals surface area contributed by atoms with Crippen molar-refractivity contribution in [3.05, 3.63) is 76.9 Å². The van der Waals surface area contributed by atoms with Crippen molar-refractivity contribution in [3.8, 4) is 11.1 Å². The largest absolute Gasteiger partial charge is 0.472 e. The summed E-state index contributed by atoms with van der Waals surface area (Å²) in [4.78, 5) is 16.4. The van der Waals surface area contributed by atoms with E-state index in [0.717, 1.165) is 21.2 Å². The molecule has 110 valence electrons. The molecular formula is C17H13BrN2O2. The summed E-state index contributed by atoms with van der Waals surface area (Å²) in [5.74, 6) is -0.124. The maximum absolute atomic E-state index is 12.2. The highest BCUT2D eigenvalue weighted by Gasteiger charge is 2.09. The molecule has 3 aromatic rings. The lowest BCUT2D eigenvalue weighted by Gasteiger charge is -2.07. The Morgan fingerprint density at radius 3 is 2.82 bits per heavy atom. The van der Waals surface area contributed by atoms with Crippen LogP contribution in [0.3, 0.4) is 0 Å². The normalized spacial score (nSPS) is 10.4. The highest BCUT2D eigenvalue weighted by Crippen LogP contribution is 2.20. The summed E-state index contributed by atoms with van der Waals surface area (Å²) in [5, 5.41) is 2.90. The lowest BCUT2D eigenvalue weighted by molar-refractivity contribution is 0.0950. The third-order valence-corrected chi connectivity index (χ3v) is 3.91. The molecule has 0 saturated carbocycles. The Bertz CT molecular complexity index is 785. The summed E-state index contributed by atoms with van der Waals surface area (Å²) in [6, 6.07) is 11.2. The van der Waals surface area contributed by atoms with Gasteiger partial charge in [0.15, 0.2) is 0 Å². The Kier molecular flexibility index (Phi) is 4.34. The van der Waals surface area contributed by atoms with E-state index in [1.807, 2.05) is 30.3 Å². The molecule has 0 aliphatic rings. The minimum Gasteiger partial charge on any atom is -0.472 e.